The van der Waals surface area contributed by atoms with E-state index in [2.05, 4.69) is 20.5 Å². The molecule has 0 spiro atoms. The van der Waals surface area contributed by atoms with Crippen LogP contribution < -0.4 is 10.6 Å². The fourth-order valence-corrected chi connectivity index (χ4v) is 1.49. The monoisotopic (exact) mass is 284 g/mol. The molecular formula is C11H16N4O5. The third-order valence-corrected chi connectivity index (χ3v) is 2.46. The average Bonchev–Trinajstić information content (AvgIpc) is 2.66. The van der Waals surface area contributed by atoms with Crippen molar-refractivity contribution >= 4 is 23.7 Å². The lowest BCUT2D eigenvalue weighted by Crippen LogP contribution is -2.44. The highest BCUT2D eigenvalue weighted by molar-refractivity contribution is 5.93. The number of aromatic nitrogens is 2. The number of anilines is 1. The first kappa shape index (κ1) is 15.5. The number of urea groups is 1. The second-order valence-corrected chi connectivity index (χ2v) is 4.07. The van der Waals surface area contributed by atoms with Gasteiger partial charge in [0.1, 0.15) is 6.04 Å². The predicted molar refractivity (Wildman–Crippen MR) is 68.2 cm³/mol. The number of ether oxygens (including phenoxy) is 1. The lowest BCUT2D eigenvalue weighted by atomic mass is 10.2. The Morgan fingerprint density at radius 2 is 2.15 bits per heavy atom. The summed E-state index contributed by atoms with van der Waals surface area (Å²) < 4.78 is 5.87. The highest BCUT2D eigenvalue weighted by atomic mass is 16.5. The number of carboxylic acid groups (broad SMARTS) is 1. The van der Waals surface area contributed by atoms with Crippen molar-refractivity contribution in [2.45, 2.75) is 19.4 Å². The van der Waals surface area contributed by atoms with Gasteiger partial charge >= 0.3 is 18.0 Å². The zero-order chi connectivity index (χ0) is 15.3. The molecule has 110 valence electrons. The lowest BCUT2D eigenvalue weighted by molar-refractivity contribution is -0.147. The zero-order valence-corrected chi connectivity index (χ0v) is 11.3. The molecule has 1 aromatic heterocycles. The number of carbonyl (C=O) groups is 3. The highest BCUT2D eigenvalue weighted by Gasteiger charge is 2.24. The maximum absolute atomic E-state index is 11.7. The summed E-state index contributed by atoms with van der Waals surface area (Å²) in [5.74, 6) is -2.05. The molecule has 0 bridgehead atoms. The van der Waals surface area contributed by atoms with Gasteiger partial charge in [-0.25, -0.2) is 9.59 Å². The first-order chi connectivity index (χ1) is 9.33. The van der Waals surface area contributed by atoms with Crippen molar-refractivity contribution < 1.29 is 24.2 Å². The second-order valence-electron chi connectivity index (χ2n) is 4.07. The van der Waals surface area contributed by atoms with Crippen molar-refractivity contribution in [3.63, 3.8) is 0 Å². The van der Waals surface area contributed by atoms with E-state index in [1.54, 1.807) is 20.2 Å². The van der Waals surface area contributed by atoms with Crippen LogP contribution in [0, 0.1) is 6.92 Å². The van der Waals surface area contributed by atoms with Gasteiger partial charge in [0, 0.05) is 13.2 Å². The lowest BCUT2D eigenvalue weighted by Gasteiger charge is -2.13. The van der Waals surface area contributed by atoms with E-state index in [9.17, 15) is 14.4 Å². The number of methoxy groups -OCH3 is 1. The molecule has 0 aromatic carbocycles. The molecule has 1 atom stereocenters. The number of rotatable bonds is 5. The molecule has 1 rings (SSSR count). The van der Waals surface area contributed by atoms with Gasteiger partial charge in [-0.2, -0.15) is 5.10 Å². The Kier molecular flexibility index (Phi) is 5.07. The summed E-state index contributed by atoms with van der Waals surface area (Å²) in [7, 11) is 2.83. The predicted octanol–water partition coefficient (Wildman–Crippen LogP) is -0.134. The number of amides is 2. The van der Waals surface area contributed by atoms with Crippen LogP contribution in [0.15, 0.2) is 6.20 Å². The molecule has 1 aromatic rings. The number of carboxylic acids is 1. The highest BCUT2D eigenvalue weighted by Crippen LogP contribution is 2.11. The molecular weight excluding hydrogens is 268 g/mol. The Labute approximate surface area is 114 Å². The van der Waals surface area contributed by atoms with Crippen molar-refractivity contribution in [1.82, 2.24) is 15.1 Å². The summed E-state index contributed by atoms with van der Waals surface area (Å²) in [4.78, 5) is 33.7. The third-order valence-electron chi connectivity index (χ3n) is 2.46. The summed E-state index contributed by atoms with van der Waals surface area (Å²) in [5, 5.41) is 17.6. The maximum atomic E-state index is 11.7. The first-order valence-electron chi connectivity index (χ1n) is 5.71. The van der Waals surface area contributed by atoms with Crippen LogP contribution in [-0.4, -0.2) is 46.0 Å². The maximum Gasteiger partial charge on any atom is 0.326 e. The number of esters is 1. The molecule has 0 unspecified atom stereocenters. The van der Waals surface area contributed by atoms with Gasteiger partial charge in [0.15, 0.2) is 0 Å². The van der Waals surface area contributed by atoms with Gasteiger partial charge in [-0.1, -0.05) is 0 Å². The number of aryl methyl sites for hydroxylation is 2. The minimum absolute atomic E-state index is 0.451. The van der Waals surface area contributed by atoms with Crippen LogP contribution in [-0.2, 0) is 21.4 Å². The topological polar surface area (TPSA) is 123 Å². The Balaban J connectivity index is 2.64. The SMILES string of the molecule is COC(=O)C[C@H](NC(=O)Nc1cn(C)nc1C)C(=O)O. The van der Waals surface area contributed by atoms with Crippen LogP contribution >= 0.6 is 0 Å². The third kappa shape index (κ3) is 4.26. The van der Waals surface area contributed by atoms with E-state index in [1.807, 2.05) is 0 Å². The van der Waals surface area contributed by atoms with Crippen molar-refractivity contribution in [2.75, 3.05) is 12.4 Å². The molecule has 0 aliphatic heterocycles. The Morgan fingerprint density at radius 1 is 1.50 bits per heavy atom. The molecule has 0 aliphatic carbocycles. The normalized spacial score (nSPS) is 11.6. The molecule has 0 fully saturated rings. The van der Waals surface area contributed by atoms with Gasteiger partial charge in [0.2, 0.25) is 0 Å². The van der Waals surface area contributed by atoms with Crippen molar-refractivity contribution in [1.29, 1.82) is 0 Å². The number of hydrogen-bond acceptors (Lipinski definition) is 5. The molecule has 0 aliphatic rings. The number of nitrogens with zero attached hydrogens (tertiary/aromatic N) is 2. The van der Waals surface area contributed by atoms with Gasteiger partial charge in [0.25, 0.3) is 0 Å². The van der Waals surface area contributed by atoms with Gasteiger partial charge in [-0.15, -0.1) is 0 Å². The van der Waals surface area contributed by atoms with E-state index in [4.69, 9.17) is 5.11 Å². The summed E-state index contributed by atoms with van der Waals surface area (Å²) in [6.45, 7) is 1.69. The molecule has 0 saturated carbocycles. The summed E-state index contributed by atoms with van der Waals surface area (Å²) >= 11 is 0. The van der Waals surface area contributed by atoms with Crippen LogP contribution in [0.5, 0.6) is 0 Å². The Bertz CT molecular complexity index is 525. The van der Waals surface area contributed by atoms with Gasteiger partial charge < -0.3 is 20.5 Å². The minimum atomic E-state index is -1.36. The molecule has 3 N–H and O–H groups in total. The average molecular weight is 284 g/mol. The van der Waals surface area contributed by atoms with Gasteiger partial charge in [-0.05, 0) is 6.92 Å². The molecule has 1 heterocycles. The Hall–Kier alpha value is -2.58. The Morgan fingerprint density at radius 3 is 2.60 bits per heavy atom. The van der Waals surface area contributed by atoms with Crippen molar-refractivity contribution in [2.24, 2.45) is 7.05 Å². The van der Waals surface area contributed by atoms with Crippen LogP contribution in [0.3, 0.4) is 0 Å². The van der Waals surface area contributed by atoms with Crippen LogP contribution in [0.4, 0.5) is 10.5 Å². The van der Waals surface area contributed by atoms with Crippen LogP contribution in [0.2, 0.25) is 0 Å². The van der Waals surface area contributed by atoms with Crippen molar-refractivity contribution in [3.8, 4) is 0 Å². The quantitative estimate of drug-likeness (QED) is 0.647. The standard InChI is InChI=1S/C11H16N4O5/c1-6-8(5-15(2)14-6)13-11(19)12-7(10(17)18)4-9(16)20-3/h5,7H,4H2,1-3H3,(H,17,18)(H2,12,13,19)/t7-/m0/s1. The number of carbonyl (C=O) groups excluding carboxylic acids is 2. The second kappa shape index (κ2) is 6.55. The van der Waals surface area contributed by atoms with Crippen LogP contribution in [0.25, 0.3) is 0 Å². The van der Waals surface area contributed by atoms with Gasteiger partial charge in [-0.3, -0.25) is 9.48 Å². The van der Waals surface area contributed by atoms with E-state index in [-0.39, 0.29) is 0 Å². The number of aliphatic carboxylic acids is 1. The molecule has 2 amide bonds. The van der Waals surface area contributed by atoms with Crippen molar-refractivity contribution in [3.05, 3.63) is 11.9 Å². The van der Waals surface area contributed by atoms with E-state index >= 15 is 0 Å². The molecule has 0 radical (unpaired) electrons. The minimum Gasteiger partial charge on any atom is -0.480 e. The summed E-state index contributed by atoms with van der Waals surface area (Å²) in [6.07, 6.45) is 1.12. The van der Waals surface area contributed by atoms with E-state index < -0.39 is 30.4 Å². The van der Waals surface area contributed by atoms with Gasteiger partial charge in [0.05, 0.1) is 24.9 Å². The summed E-state index contributed by atoms with van der Waals surface area (Å²) in [5.41, 5.74) is 1.04. The molecule has 0 saturated heterocycles. The zero-order valence-electron chi connectivity index (χ0n) is 11.3. The first-order valence-corrected chi connectivity index (χ1v) is 5.71. The number of hydrogen-bond donors (Lipinski definition) is 3. The molecule has 20 heavy (non-hydrogen) atoms. The molecule has 9 heteroatoms. The number of nitrogens with one attached hydrogen (secondary N) is 2. The van der Waals surface area contributed by atoms with E-state index in [1.165, 1.54) is 4.68 Å². The van der Waals surface area contributed by atoms with Crippen LogP contribution in [0.1, 0.15) is 12.1 Å². The smallest absolute Gasteiger partial charge is 0.326 e. The fourth-order valence-electron chi connectivity index (χ4n) is 1.49. The summed E-state index contributed by atoms with van der Waals surface area (Å²) in [6, 6.07) is -2.10. The molecule has 9 nitrogen and oxygen atoms in total. The fraction of sp³-hybridized carbons (Fsp3) is 0.455. The largest absolute Gasteiger partial charge is 0.480 e. The van der Waals surface area contributed by atoms with E-state index in [0.29, 0.717) is 11.4 Å². The van der Waals surface area contributed by atoms with E-state index in [0.717, 1.165) is 7.11 Å².